The molecule has 0 radical (unpaired) electrons. The van der Waals surface area contributed by atoms with Gasteiger partial charge in [0.25, 0.3) is 0 Å². The van der Waals surface area contributed by atoms with Gasteiger partial charge >= 0.3 is 5.97 Å². The Morgan fingerprint density at radius 3 is 2.44 bits per heavy atom. The molecular weight excluding hydrogens is 366 g/mol. The zero-order valence-electron chi connectivity index (χ0n) is 16.2. The zero-order chi connectivity index (χ0) is 19.9. The molecule has 1 aromatic carbocycles. The second-order valence-corrected chi connectivity index (χ2v) is 8.71. The minimum atomic E-state index is -3.38. The highest BCUT2D eigenvalue weighted by Crippen LogP contribution is 2.19. The average molecular weight is 396 g/mol. The Morgan fingerprint density at radius 2 is 1.93 bits per heavy atom. The van der Waals surface area contributed by atoms with Crippen LogP contribution in [0, 0.1) is 5.92 Å². The maximum absolute atomic E-state index is 12.7. The molecule has 8 heteroatoms. The molecular formula is C19H29N3O4S. The lowest BCUT2D eigenvalue weighted by Gasteiger charge is -2.34. The monoisotopic (exact) mass is 395 g/mol. The lowest BCUT2D eigenvalue weighted by Crippen LogP contribution is -2.51. The first-order valence-corrected chi connectivity index (χ1v) is 10.9. The number of methoxy groups -OCH3 is 1. The van der Waals surface area contributed by atoms with Gasteiger partial charge in [-0.05, 0) is 31.4 Å². The van der Waals surface area contributed by atoms with Crippen molar-refractivity contribution < 1.29 is 17.9 Å². The van der Waals surface area contributed by atoms with Gasteiger partial charge in [-0.1, -0.05) is 25.1 Å². The number of esters is 1. The van der Waals surface area contributed by atoms with Crippen molar-refractivity contribution in [3.8, 4) is 0 Å². The first kappa shape index (κ1) is 21.2. The minimum absolute atomic E-state index is 0.00512. The normalized spacial score (nSPS) is 17.4. The second kappa shape index (κ2) is 9.73. The number of guanidine groups is 1. The van der Waals surface area contributed by atoms with Crippen LogP contribution < -0.4 is 5.32 Å². The Kier molecular flexibility index (Phi) is 7.65. The molecule has 1 atom stereocenters. The van der Waals surface area contributed by atoms with E-state index in [1.807, 2.05) is 6.92 Å². The van der Waals surface area contributed by atoms with Gasteiger partial charge in [0.05, 0.1) is 23.7 Å². The summed E-state index contributed by atoms with van der Waals surface area (Å²) < 4.78 is 30.1. The SMILES string of the molecule is CCC(CS(=O)(=O)c1ccccc1)NC(=NC)N1CCC(C(=O)OC)CC1. The van der Waals surface area contributed by atoms with Gasteiger partial charge < -0.3 is 15.0 Å². The van der Waals surface area contributed by atoms with Gasteiger partial charge in [0, 0.05) is 26.2 Å². The van der Waals surface area contributed by atoms with E-state index >= 15 is 0 Å². The van der Waals surface area contributed by atoms with Crippen LogP contribution in [-0.4, -0.2) is 64.3 Å². The van der Waals surface area contributed by atoms with Crippen LogP contribution in [0.4, 0.5) is 0 Å². The van der Waals surface area contributed by atoms with E-state index in [9.17, 15) is 13.2 Å². The zero-order valence-corrected chi connectivity index (χ0v) is 17.0. The Bertz CT molecular complexity index is 741. The van der Waals surface area contributed by atoms with Crippen molar-refractivity contribution in [1.29, 1.82) is 0 Å². The van der Waals surface area contributed by atoms with Gasteiger partial charge in [-0.25, -0.2) is 8.42 Å². The topological polar surface area (TPSA) is 88.1 Å². The smallest absolute Gasteiger partial charge is 0.308 e. The van der Waals surface area contributed by atoms with Crippen molar-refractivity contribution in [2.75, 3.05) is 33.0 Å². The van der Waals surface area contributed by atoms with E-state index in [-0.39, 0.29) is 23.7 Å². The molecule has 0 aliphatic carbocycles. The molecule has 7 nitrogen and oxygen atoms in total. The summed E-state index contributed by atoms with van der Waals surface area (Å²) in [5.74, 6) is 0.432. The summed E-state index contributed by atoms with van der Waals surface area (Å²) in [5, 5.41) is 3.29. The van der Waals surface area contributed by atoms with E-state index in [1.165, 1.54) is 7.11 Å². The molecule has 1 aromatic rings. The minimum Gasteiger partial charge on any atom is -0.469 e. The fraction of sp³-hybridized carbons (Fsp3) is 0.579. The van der Waals surface area contributed by atoms with Crippen LogP contribution in [0.15, 0.2) is 40.2 Å². The third-order valence-electron chi connectivity index (χ3n) is 4.89. The maximum atomic E-state index is 12.7. The highest BCUT2D eigenvalue weighted by atomic mass is 32.2. The van der Waals surface area contributed by atoms with Crippen LogP contribution in [0.1, 0.15) is 26.2 Å². The van der Waals surface area contributed by atoms with E-state index in [1.54, 1.807) is 37.4 Å². The predicted molar refractivity (Wildman–Crippen MR) is 105 cm³/mol. The van der Waals surface area contributed by atoms with Crippen LogP contribution in [0.3, 0.4) is 0 Å². The molecule has 1 aliphatic heterocycles. The second-order valence-electron chi connectivity index (χ2n) is 6.68. The lowest BCUT2D eigenvalue weighted by atomic mass is 9.97. The van der Waals surface area contributed by atoms with Gasteiger partial charge in [0.1, 0.15) is 0 Å². The van der Waals surface area contributed by atoms with Gasteiger partial charge in [-0.15, -0.1) is 0 Å². The van der Waals surface area contributed by atoms with E-state index in [0.717, 1.165) is 0 Å². The van der Waals surface area contributed by atoms with Crippen LogP contribution in [0.2, 0.25) is 0 Å². The molecule has 2 rings (SSSR count). The molecule has 0 bridgehead atoms. The first-order valence-electron chi connectivity index (χ1n) is 9.25. The van der Waals surface area contributed by atoms with Gasteiger partial charge in [-0.2, -0.15) is 0 Å². The summed E-state index contributed by atoms with van der Waals surface area (Å²) >= 11 is 0. The van der Waals surface area contributed by atoms with E-state index in [0.29, 0.717) is 43.2 Å². The van der Waals surface area contributed by atoms with Crippen molar-refractivity contribution in [3.63, 3.8) is 0 Å². The van der Waals surface area contributed by atoms with Gasteiger partial charge in [0.15, 0.2) is 15.8 Å². The summed E-state index contributed by atoms with van der Waals surface area (Å²) in [6.45, 7) is 3.32. The number of ether oxygens (including phenoxy) is 1. The highest BCUT2D eigenvalue weighted by molar-refractivity contribution is 7.91. The molecule has 1 unspecified atom stereocenters. The van der Waals surface area contributed by atoms with Crippen molar-refractivity contribution in [2.45, 2.75) is 37.1 Å². The number of likely N-dealkylation sites (tertiary alicyclic amines) is 1. The summed E-state index contributed by atoms with van der Waals surface area (Å²) in [6, 6.07) is 8.25. The summed E-state index contributed by atoms with van der Waals surface area (Å²) in [5.41, 5.74) is 0. The number of carbonyl (C=O) groups is 1. The molecule has 1 N–H and O–H groups in total. The molecule has 1 fully saturated rings. The molecule has 1 aliphatic rings. The third-order valence-corrected chi connectivity index (χ3v) is 6.72. The number of nitrogens with one attached hydrogen (secondary N) is 1. The number of aliphatic imine (C=N–C) groups is 1. The fourth-order valence-electron chi connectivity index (χ4n) is 3.22. The Labute approximate surface area is 161 Å². The van der Waals surface area contributed by atoms with Crippen molar-refractivity contribution in [3.05, 3.63) is 30.3 Å². The molecule has 0 saturated carbocycles. The molecule has 0 aromatic heterocycles. The standard InChI is InChI=1S/C19H29N3O4S/c1-4-16(14-27(24,25)17-8-6-5-7-9-17)21-19(20-2)22-12-10-15(11-13-22)18(23)26-3/h5-9,15-16H,4,10-14H2,1-3H3,(H,20,21). The highest BCUT2D eigenvalue weighted by Gasteiger charge is 2.28. The number of hydrogen-bond donors (Lipinski definition) is 1. The number of piperidine rings is 1. The number of benzene rings is 1. The van der Waals surface area contributed by atoms with E-state index < -0.39 is 9.84 Å². The predicted octanol–water partition coefficient (Wildman–Crippen LogP) is 1.70. The Balaban J connectivity index is 1.99. The number of rotatable bonds is 6. The van der Waals surface area contributed by atoms with Crippen molar-refractivity contribution in [2.24, 2.45) is 10.9 Å². The molecule has 150 valence electrons. The summed E-state index contributed by atoms with van der Waals surface area (Å²) in [6.07, 6.45) is 2.06. The molecule has 1 heterocycles. The summed E-state index contributed by atoms with van der Waals surface area (Å²) in [4.78, 5) is 18.4. The number of hydrogen-bond acceptors (Lipinski definition) is 5. The fourth-order valence-corrected chi connectivity index (χ4v) is 4.84. The number of nitrogens with zero attached hydrogens (tertiary/aromatic N) is 2. The Hall–Kier alpha value is -2.09. The van der Waals surface area contributed by atoms with E-state index in [4.69, 9.17) is 4.74 Å². The molecule has 27 heavy (non-hydrogen) atoms. The third kappa shape index (κ3) is 5.69. The van der Waals surface area contributed by atoms with Crippen LogP contribution >= 0.6 is 0 Å². The van der Waals surface area contributed by atoms with E-state index in [2.05, 4.69) is 15.2 Å². The molecule has 1 saturated heterocycles. The molecule has 0 spiro atoms. The Morgan fingerprint density at radius 1 is 1.30 bits per heavy atom. The van der Waals surface area contributed by atoms with Gasteiger partial charge in [0.2, 0.25) is 0 Å². The largest absolute Gasteiger partial charge is 0.469 e. The number of carbonyl (C=O) groups excluding carboxylic acids is 1. The first-order chi connectivity index (χ1) is 12.9. The lowest BCUT2D eigenvalue weighted by molar-refractivity contribution is -0.146. The van der Waals surface area contributed by atoms with Crippen LogP contribution in [0.25, 0.3) is 0 Å². The van der Waals surface area contributed by atoms with Crippen molar-refractivity contribution >= 4 is 21.8 Å². The summed E-state index contributed by atoms with van der Waals surface area (Å²) in [7, 11) is -0.278. The average Bonchev–Trinajstić information content (AvgIpc) is 2.71. The van der Waals surface area contributed by atoms with Gasteiger partial charge in [-0.3, -0.25) is 9.79 Å². The van der Waals surface area contributed by atoms with Crippen molar-refractivity contribution in [1.82, 2.24) is 10.2 Å². The quantitative estimate of drug-likeness (QED) is 0.448. The van der Waals surface area contributed by atoms with Crippen LogP contribution in [-0.2, 0) is 19.4 Å². The van der Waals surface area contributed by atoms with Crippen LogP contribution in [0.5, 0.6) is 0 Å². The maximum Gasteiger partial charge on any atom is 0.308 e. The molecule has 0 amide bonds. The number of sulfone groups is 1.